The highest BCUT2D eigenvalue weighted by atomic mass is 16.5. The highest BCUT2D eigenvalue weighted by Gasteiger charge is 2.31. The third-order valence-corrected chi connectivity index (χ3v) is 11.2. The summed E-state index contributed by atoms with van der Waals surface area (Å²) in [6.45, 7) is 22.9. The molecule has 0 amide bonds. The van der Waals surface area contributed by atoms with Gasteiger partial charge in [0.2, 0.25) is 0 Å². The average molecular weight is 693 g/mol. The second-order valence-electron chi connectivity index (χ2n) is 17.0. The van der Waals surface area contributed by atoms with Gasteiger partial charge in [-0.1, -0.05) is 85.2 Å². The highest BCUT2D eigenvalue weighted by molar-refractivity contribution is 6.09. The summed E-state index contributed by atoms with van der Waals surface area (Å²) in [4.78, 5) is 4.86. The molecule has 1 unspecified atom stereocenters. The lowest BCUT2D eigenvalue weighted by molar-refractivity contribution is 0.445. The minimum atomic E-state index is -0.0854. The number of rotatable bonds is 9. The zero-order valence-corrected chi connectivity index (χ0v) is 32.9. The van der Waals surface area contributed by atoms with Gasteiger partial charge in [0.1, 0.15) is 17.3 Å². The van der Waals surface area contributed by atoms with Crippen LogP contribution in [-0.4, -0.2) is 19.3 Å². The molecule has 5 heteroatoms. The minimum absolute atomic E-state index is 0.0854. The fraction of sp³-hybridized carbons (Fsp3) is 0.404. The van der Waals surface area contributed by atoms with Gasteiger partial charge in [-0.15, -0.1) is 0 Å². The predicted octanol–water partition coefficient (Wildman–Crippen LogP) is 12.9. The van der Waals surface area contributed by atoms with Crippen molar-refractivity contribution in [3.8, 4) is 23.0 Å². The van der Waals surface area contributed by atoms with Crippen LogP contribution in [0.4, 0.5) is 0 Å². The number of benzene rings is 3. The van der Waals surface area contributed by atoms with Crippen LogP contribution in [0.15, 0.2) is 90.6 Å². The number of fused-ring (bicyclic) bond motifs is 3. The van der Waals surface area contributed by atoms with E-state index in [2.05, 4.69) is 157 Å². The molecule has 0 aliphatic heterocycles. The van der Waals surface area contributed by atoms with E-state index >= 15 is 0 Å². The zero-order chi connectivity index (χ0) is 36.9. The Balaban J connectivity index is 1.36. The molecule has 270 valence electrons. The standard InChI is InChI=1S/C47H56N4O/c1-29(2)18-21-42-46(45-31(5)14-13-15-32(45)6)33(7)49-51(42)36-25-35(47(8,9)10)26-38(27-36)52-37-19-20-40-39-16-11-12-17-41(39)50(43(40)28-37)44-24-34(30(3)4)22-23-48-44/h11-12,14,16-17,19-20,22-30,32,45H,13,15,18,21H2,1-10H3/t32-,45?/m0/s1. The topological polar surface area (TPSA) is 44.9 Å². The van der Waals surface area contributed by atoms with Crippen molar-refractivity contribution in [3.05, 3.63) is 119 Å². The Morgan fingerprint density at radius 1 is 0.865 bits per heavy atom. The number of nitrogens with zero attached hydrogens (tertiary/aromatic N) is 4. The first-order valence-electron chi connectivity index (χ1n) is 19.4. The van der Waals surface area contributed by atoms with E-state index in [0.717, 1.165) is 52.6 Å². The smallest absolute Gasteiger partial charge is 0.137 e. The van der Waals surface area contributed by atoms with Crippen molar-refractivity contribution in [1.29, 1.82) is 0 Å². The maximum Gasteiger partial charge on any atom is 0.137 e. The molecule has 0 radical (unpaired) electrons. The molecule has 52 heavy (non-hydrogen) atoms. The molecule has 2 atom stereocenters. The number of allylic oxidation sites excluding steroid dienone is 2. The Hall–Kier alpha value is -4.64. The van der Waals surface area contributed by atoms with Gasteiger partial charge in [0.25, 0.3) is 0 Å². The van der Waals surface area contributed by atoms with E-state index in [1.807, 2.05) is 6.20 Å². The van der Waals surface area contributed by atoms with Crippen LogP contribution in [0.1, 0.15) is 121 Å². The van der Waals surface area contributed by atoms with Crippen LogP contribution < -0.4 is 4.74 Å². The summed E-state index contributed by atoms with van der Waals surface area (Å²) in [6.07, 6.45) is 8.87. The first-order chi connectivity index (χ1) is 24.8. The number of hydrogen-bond donors (Lipinski definition) is 0. The Kier molecular flexibility index (Phi) is 9.67. The van der Waals surface area contributed by atoms with Crippen molar-refractivity contribution in [2.45, 2.75) is 112 Å². The van der Waals surface area contributed by atoms with Gasteiger partial charge in [-0.3, -0.25) is 4.57 Å². The predicted molar refractivity (Wildman–Crippen MR) is 218 cm³/mol. The molecular formula is C47H56N4O. The van der Waals surface area contributed by atoms with Crippen molar-refractivity contribution in [3.63, 3.8) is 0 Å². The summed E-state index contributed by atoms with van der Waals surface area (Å²) in [5.74, 6) is 4.53. The molecule has 0 N–H and O–H groups in total. The number of hydrogen-bond acceptors (Lipinski definition) is 3. The molecule has 3 aromatic heterocycles. The van der Waals surface area contributed by atoms with E-state index in [1.165, 1.54) is 51.6 Å². The summed E-state index contributed by atoms with van der Waals surface area (Å²) < 4.78 is 11.4. The molecule has 7 rings (SSSR count). The lowest BCUT2D eigenvalue weighted by Gasteiger charge is -2.30. The van der Waals surface area contributed by atoms with Crippen molar-refractivity contribution in [2.75, 3.05) is 0 Å². The van der Waals surface area contributed by atoms with Crippen molar-refractivity contribution >= 4 is 21.8 Å². The third-order valence-electron chi connectivity index (χ3n) is 11.2. The number of aromatic nitrogens is 4. The zero-order valence-electron chi connectivity index (χ0n) is 32.9. The summed E-state index contributed by atoms with van der Waals surface area (Å²) in [5.41, 5.74) is 11.1. The molecule has 6 aromatic rings. The van der Waals surface area contributed by atoms with Gasteiger partial charge in [-0.25, -0.2) is 9.67 Å². The second kappa shape index (κ2) is 14.1. The molecule has 0 saturated carbocycles. The summed E-state index contributed by atoms with van der Waals surface area (Å²) >= 11 is 0. The third kappa shape index (κ3) is 6.83. The maximum absolute atomic E-state index is 6.87. The monoisotopic (exact) mass is 692 g/mol. The molecule has 0 spiro atoms. The van der Waals surface area contributed by atoms with E-state index < -0.39 is 0 Å². The molecule has 3 aromatic carbocycles. The van der Waals surface area contributed by atoms with E-state index in [9.17, 15) is 0 Å². The number of para-hydroxylation sites is 1. The Labute approximate surface area is 310 Å². The Morgan fingerprint density at radius 3 is 2.37 bits per heavy atom. The van der Waals surface area contributed by atoms with Crippen LogP contribution in [0.2, 0.25) is 0 Å². The second-order valence-corrected chi connectivity index (χ2v) is 17.0. The Bertz CT molecular complexity index is 2270. The summed E-state index contributed by atoms with van der Waals surface area (Å²) in [7, 11) is 0. The van der Waals surface area contributed by atoms with Gasteiger partial charge < -0.3 is 4.74 Å². The minimum Gasteiger partial charge on any atom is -0.457 e. The molecule has 5 nitrogen and oxygen atoms in total. The van der Waals surface area contributed by atoms with Crippen molar-refractivity contribution in [2.24, 2.45) is 11.8 Å². The molecule has 1 aliphatic rings. The van der Waals surface area contributed by atoms with E-state index in [0.29, 0.717) is 23.7 Å². The van der Waals surface area contributed by atoms with Crippen LogP contribution >= 0.6 is 0 Å². The molecular weight excluding hydrogens is 637 g/mol. The molecule has 0 saturated heterocycles. The van der Waals surface area contributed by atoms with Crippen LogP contribution in [0.25, 0.3) is 33.3 Å². The van der Waals surface area contributed by atoms with Gasteiger partial charge in [0, 0.05) is 46.3 Å². The normalized spacial score (nSPS) is 16.7. The fourth-order valence-corrected chi connectivity index (χ4v) is 8.21. The lowest BCUT2D eigenvalue weighted by Crippen LogP contribution is -2.18. The number of ether oxygens (including phenoxy) is 1. The van der Waals surface area contributed by atoms with Crippen LogP contribution in [0, 0.1) is 18.8 Å². The van der Waals surface area contributed by atoms with Crippen LogP contribution in [-0.2, 0) is 11.8 Å². The number of aryl methyl sites for hydroxylation is 1. The van der Waals surface area contributed by atoms with Crippen LogP contribution in [0.5, 0.6) is 11.5 Å². The quantitative estimate of drug-likeness (QED) is 0.142. The van der Waals surface area contributed by atoms with E-state index in [1.54, 1.807) is 0 Å². The van der Waals surface area contributed by atoms with Gasteiger partial charge >= 0.3 is 0 Å². The van der Waals surface area contributed by atoms with Gasteiger partial charge in [0.15, 0.2) is 0 Å². The largest absolute Gasteiger partial charge is 0.457 e. The average Bonchev–Trinajstić information content (AvgIpc) is 3.60. The molecule has 3 heterocycles. The highest BCUT2D eigenvalue weighted by Crippen LogP contribution is 2.43. The van der Waals surface area contributed by atoms with Crippen molar-refractivity contribution in [1.82, 2.24) is 19.3 Å². The first-order valence-corrected chi connectivity index (χ1v) is 19.4. The SMILES string of the molecule is CC1=CCC[C@H](C)C1c1c(C)nn(-c2cc(Oc3ccc4c5ccccc5n(-c5cc(C(C)C)ccn5)c4c3)cc(C(C)(C)C)c2)c1CCC(C)C. The molecule has 1 aliphatic carbocycles. The molecule has 0 bridgehead atoms. The maximum atomic E-state index is 6.87. The summed E-state index contributed by atoms with van der Waals surface area (Å²) in [5, 5.41) is 7.71. The Morgan fingerprint density at radius 2 is 1.63 bits per heavy atom. The van der Waals surface area contributed by atoms with E-state index in [4.69, 9.17) is 14.8 Å². The number of pyridine rings is 1. The van der Waals surface area contributed by atoms with E-state index in [-0.39, 0.29) is 5.41 Å². The molecule has 0 fully saturated rings. The van der Waals surface area contributed by atoms with Crippen LogP contribution in [0.3, 0.4) is 0 Å². The first kappa shape index (κ1) is 35.7. The van der Waals surface area contributed by atoms with Gasteiger partial charge in [0.05, 0.1) is 22.4 Å². The van der Waals surface area contributed by atoms with Gasteiger partial charge in [-0.05, 0) is 116 Å². The lowest BCUT2D eigenvalue weighted by atomic mass is 9.75. The van der Waals surface area contributed by atoms with Crippen molar-refractivity contribution < 1.29 is 4.74 Å². The van der Waals surface area contributed by atoms with Gasteiger partial charge in [-0.2, -0.15) is 5.10 Å². The summed E-state index contributed by atoms with van der Waals surface area (Å²) in [6, 6.07) is 26.1. The fourth-order valence-electron chi connectivity index (χ4n) is 8.21.